The third kappa shape index (κ3) is 5.15. The van der Waals surface area contributed by atoms with Crippen molar-refractivity contribution in [2.24, 2.45) is 0 Å². The van der Waals surface area contributed by atoms with E-state index in [0.717, 1.165) is 37.1 Å². The number of ether oxygens (including phenoxy) is 1. The fourth-order valence-electron chi connectivity index (χ4n) is 4.91. The smallest absolute Gasteiger partial charge is 0.255 e. The average molecular weight is 442 g/mol. The maximum Gasteiger partial charge on any atom is 0.255 e. The van der Waals surface area contributed by atoms with Crippen LogP contribution < -0.4 is 15.4 Å². The quantitative estimate of drug-likeness (QED) is 0.605. The zero-order chi connectivity index (χ0) is 22.9. The van der Waals surface area contributed by atoms with Crippen molar-refractivity contribution < 1.29 is 19.4 Å². The SMILES string of the molecule is C=C1CCC(N2Cc3cc(OC4CCCCC4NCCC(C)(C)O)ccc3C2=O)C(=O)N1. The highest BCUT2D eigenvalue weighted by molar-refractivity contribution is 6.01. The van der Waals surface area contributed by atoms with Gasteiger partial charge in [0.15, 0.2) is 0 Å². The summed E-state index contributed by atoms with van der Waals surface area (Å²) in [5.41, 5.74) is 1.59. The van der Waals surface area contributed by atoms with E-state index in [1.165, 1.54) is 6.42 Å². The van der Waals surface area contributed by atoms with Gasteiger partial charge in [0.05, 0.1) is 5.60 Å². The number of benzene rings is 1. The van der Waals surface area contributed by atoms with Crippen LogP contribution in [0.25, 0.3) is 0 Å². The van der Waals surface area contributed by atoms with Gasteiger partial charge in [-0.25, -0.2) is 0 Å². The van der Waals surface area contributed by atoms with E-state index < -0.39 is 11.6 Å². The summed E-state index contributed by atoms with van der Waals surface area (Å²) in [7, 11) is 0. The number of fused-ring (bicyclic) bond motifs is 1. The van der Waals surface area contributed by atoms with Gasteiger partial charge in [-0.05, 0) is 82.7 Å². The van der Waals surface area contributed by atoms with Gasteiger partial charge in [0.25, 0.3) is 5.91 Å². The molecule has 2 aliphatic heterocycles. The Morgan fingerprint density at radius 1 is 1.25 bits per heavy atom. The molecule has 1 aromatic rings. The molecule has 2 amide bonds. The molecule has 0 radical (unpaired) electrons. The average Bonchev–Trinajstić information content (AvgIpc) is 3.04. The van der Waals surface area contributed by atoms with Crippen LogP contribution in [0.15, 0.2) is 30.5 Å². The van der Waals surface area contributed by atoms with Crippen LogP contribution >= 0.6 is 0 Å². The standard InChI is InChI=1S/C25H35N3O4/c1-16-8-11-21(23(29)27-16)28-15-17-14-18(9-10-19(17)24(28)30)32-22-7-5-4-6-20(22)26-13-12-25(2,3)31/h9-10,14,20-22,26,31H,1,4-8,11-13,15H2,2-3H3,(H,27,29). The molecule has 1 saturated heterocycles. The number of carbonyl (C=O) groups is 2. The number of carbonyl (C=O) groups excluding carboxylic acids is 2. The Morgan fingerprint density at radius 3 is 2.78 bits per heavy atom. The third-order valence-electron chi connectivity index (χ3n) is 6.74. The van der Waals surface area contributed by atoms with E-state index in [1.807, 2.05) is 32.0 Å². The van der Waals surface area contributed by atoms with Gasteiger partial charge in [-0.1, -0.05) is 13.0 Å². The Balaban J connectivity index is 1.41. The van der Waals surface area contributed by atoms with Crippen molar-refractivity contribution >= 4 is 11.8 Å². The van der Waals surface area contributed by atoms with Crippen molar-refractivity contribution in [3.05, 3.63) is 41.6 Å². The highest BCUT2D eigenvalue weighted by Crippen LogP contribution is 2.32. The van der Waals surface area contributed by atoms with Crippen LogP contribution in [-0.2, 0) is 11.3 Å². The molecule has 0 aromatic heterocycles. The van der Waals surface area contributed by atoms with Crippen molar-refractivity contribution in [2.75, 3.05) is 6.54 Å². The number of allylic oxidation sites excluding steroid dienone is 1. The summed E-state index contributed by atoms with van der Waals surface area (Å²) >= 11 is 0. The molecule has 4 rings (SSSR count). The van der Waals surface area contributed by atoms with Crippen molar-refractivity contribution in [1.29, 1.82) is 0 Å². The monoisotopic (exact) mass is 441 g/mol. The Hall–Kier alpha value is -2.38. The third-order valence-corrected chi connectivity index (χ3v) is 6.74. The van der Waals surface area contributed by atoms with Gasteiger partial charge in [-0.15, -0.1) is 0 Å². The minimum Gasteiger partial charge on any atom is -0.489 e. The normalized spacial score (nSPS) is 26.2. The molecule has 2 fully saturated rings. The summed E-state index contributed by atoms with van der Waals surface area (Å²) in [5, 5.41) is 16.3. The molecule has 3 N–H and O–H groups in total. The van der Waals surface area contributed by atoms with Crippen LogP contribution in [0.3, 0.4) is 0 Å². The second-order valence-electron chi connectivity index (χ2n) is 9.96. The molecule has 2 heterocycles. The van der Waals surface area contributed by atoms with E-state index in [2.05, 4.69) is 17.2 Å². The molecular formula is C25H35N3O4. The summed E-state index contributed by atoms with van der Waals surface area (Å²) in [6, 6.07) is 5.44. The van der Waals surface area contributed by atoms with Crippen LogP contribution in [-0.4, -0.2) is 52.2 Å². The summed E-state index contributed by atoms with van der Waals surface area (Å²) < 4.78 is 6.38. The lowest BCUT2D eigenvalue weighted by Crippen LogP contribution is -2.49. The van der Waals surface area contributed by atoms with Gasteiger partial charge in [0, 0.05) is 23.8 Å². The molecule has 1 saturated carbocycles. The molecular weight excluding hydrogens is 406 g/mol. The molecule has 0 spiro atoms. The summed E-state index contributed by atoms with van der Waals surface area (Å²) in [4.78, 5) is 27.0. The highest BCUT2D eigenvalue weighted by atomic mass is 16.5. The van der Waals surface area contributed by atoms with E-state index in [1.54, 1.807) is 4.90 Å². The predicted molar refractivity (Wildman–Crippen MR) is 122 cm³/mol. The molecule has 3 unspecified atom stereocenters. The minimum absolute atomic E-state index is 0.0620. The highest BCUT2D eigenvalue weighted by Gasteiger charge is 2.38. The van der Waals surface area contributed by atoms with Gasteiger partial charge in [0.1, 0.15) is 17.9 Å². The second-order valence-corrected chi connectivity index (χ2v) is 9.96. The van der Waals surface area contributed by atoms with E-state index >= 15 is 0 Å². The molecule has 174 valence electrons. The number of rotatable bonds is 7. The fourth-order valence-corrected chi connectivity index (χ4v) is 4.91. The molecule has 1 aromatic carbocycles. The van der Waals surface area contributed by atoms with E-state index in [9.17, 15) is 14.7 Å². The molecule has 1 aliphatic carbocycles. The number of piperidine rings is 1. The molecule has 32 heavy (non-hydrogen) atoms. The Kier molecular flexibility index (Phi) is 6.58. The molecule has 7 nitrogen and oxygen atoms in total. The van der Waals surface area contributed by atoms with Crippen LogP contribution in [0.5, 0.6) is 5.75 Å². The zero-order valence-electron chi connectivity index (χ0n) is 19.2. The van der Waals surface area contributed by atoms with Crippen molar-refractivity contribution in [2.45, 2.75) is 89.1 Å². The Labute approximate surface area is 190 Å². The van der Waals surface area contributed by atoms with Gasteiger partial charge >= 0.3 is 0 Å². The van der Waals surface area contributed by atoms with Crippen LogP contribution in [0.4, 0.5) is 0 Å². The number of hydrogen-bond acceptors (Lipinski definition) is 5. The van der Waals surface area contributed by atoms with Gasteiger partial charge in [0.2, 0.25) is 5.91 Å². The lowest BCUT2D eigenvalue weighted by atomic mass is 9.92. The Morgan fingerprint density at radius 2 is 2.03 bits per heavy atom. The summed E-state index contributed by atoms with van der Waals surface area (Å²) in [5.74, 6) is 0.519. The maximum absolute atomic E-state index is 12.9. The van der Waals surface area contributed by atoms with Crippen molar-refractivity contribution in [3.8, 4) is 5.75 Å². The number of aliphatic hydroxyl groups is 1. The topological polar surface area (TPSA) is 90.9 Å². The van der Waals surface area contributed by atoms with E-state index in [4.69, 9.17) is 4.74 Å². The maximum atomic E-state index is 12.9. The second kappa shape index (κ2) is 9.24. The Bertz CT molecular complexity index is 892. The predicted octanol–water partition coefficient (Wildman–Crippen LogP) is 2.88. The van der Waals surface area contributed by atoms with Gasteiger partial charge in [-0.2, -0.15) is 0 Å². The van der Waals surface area contributed by atoms with Crippen molar-refractivity contribution in [3.63, 3.8) is 0 Å². The number of nitrogens with one attached hydrogen (secondary N) is 2. The van der Waals surface area contributed by atoms with Crippen molar-refractivity contribution in [1.82, 2.24) is 15.5 Å². The number of hydrogen-bond donors (Lipinski definition) is 3. The lowest BCUT2D eigenvalue weighted by molar-refractivity contribution is -0.126. The molecule has 7 heteroatoms. The number of nitrogens with zero attached hydrogens (tertiary/aromatic N) is 1. The molecule has 3 aliphatic rings. The zero-order valence-corrected chi connectivity index (χ0v) is 19.2. The van der Waals surface area contributed by atoms with E-state index in [0.29, 0.717) is 37.1 Å². The number of amides is 2. The molecule has 0 bridgehead atoms. The van der Waals surface area contributed by atoms with Gasteiger partial charge in [-0.3, -0.25) is 9.59 Å². The van der Waals surface area contributed by atoms with E-state index in [-0.39, 0.29) is 24.0 Å². The van der Waals surface area contributed by atoms with Gasteiger partial charge < -0.3 is 25.4 Å². The summed E-state index contributed by atoms with van der Waals surface area (Å²) in [6.07, 6.45) is 6.38. The van der Waals surface area contributed by atoms with Crippen LogP contribution in [0.2, 0.25) is 0 Å². The largest absolute Gasteiger partial charge is 0.489 e. The lowest BCUT2D eigenvalue weighted by Gasteiger charge is -2.33. The first kappa shape index (κ1) is 22.8. The molecule has 3 atom stereocenters. The first-order valence-electron chi connectivity index (χ1n) is 11.8. The minimum atomic E-state index is -0.682. The van der Waals surface area contributed by atoms with Crippen LogP contribution in [0.1, 0.15) is 74.7 Å². The van der Waals surface area contributed by atoms with Crippen LogP contribution in [0, 0.1) is 0 Å². The first-order chi connectivity index (χ1) is 15.2. The first-order valence-corrected chi connectivity index (χ1v) is 11.8. The fraction of sp³-hybridized carbons (Fsp3) is 0.600. The summed E-state index contributed by atoms with van der Waals surface area (Å²) in [6.45, 7) is 8.64.